The Kier molecular flexibility index (Phi) is 6.82. The highest BCUT2D eigenvalue weighted by Crippen LogP contribution is 2.43. The molecule has 0 N–H and O–H groups in total. The van der Waals surface area contributed by atoms with E-state index in [2.05, 4.69) is 56.3 Å². The van der Waals surface area contributed by atoms with Gasteiger partial charge in [0.2, 0.25) is 0 Å². The summed E-state index contributed by atoms with van der Waals surface area (Å²) in [5.74, 6) is 0.364. The molecule has 0 fully saturated rings. The predicted octanol–water partition coefficient (Wildman–Crippen LogP) is 6.05. The maximum absolute atomic E-state index is 5.98. The van der Waals surface area contributed by atoms with Crippen LogP contribution in [0.1, 0.15) is 27.8 Å². The highest BCUT2D eigenvalue weighted by molar-refractivity contribution is 6.58. The van der Waals surface area contributed by atoms with Crippen LogP contribution < -0.4 is 4.74 Å². The van der Waals surface area contributed by atoms with Crippen LogP contribution in [0.3, 0.4) is 0 Å². The van der Waals surface area contributed by atoms with Crippen molar-refractivity contribution in [2.24, 2.45) is 0 Å². The fraction of sp³-hybridized carbons (Fsp3) is 0.118. The lowest BCUT2D eigenvalue weighted by atomic mass is 9.52. The number of nitrogens with zero attached hydrogens (tertiary/aromatic N) is 3. The Morgan fingerprint density at radius 3 is 1.73 bits per heavy atom. The Hall–Kier alpha value is -4.51. The smallest absolute Gasteiger partial charge is 0.145 e. The molecule has 0 aliphatic rings. The number of aryl methyl sites for hydroxylation is 1. The Balaban J connectivity index is 1.72. The number of benzene rings is 4. The third kappa shape index (κ3) is 4.76. The van der Waals surface area contributed by atoms with Gasteiger partial charge in [0, 0.05) is 11.6 Å². The van der Waals surface area contributed by atoms with Gasteiger partial charge in [0.1, 0.15) is 46.0 Å². The molecule has 0 atom stereocenters. The normalized spacial score (nSPS) is 12.0. The van der Waals surface area contributed by atoms with Gasteiger partial charge in [0.15, 0.2) is 0 Å². The lowest BCUT2D eigenvalue weighted by molar-refractivity contribution is 0.319. The van der Waals surface area contributed by atoms with Gasteiger partial charge in [-0.15, -0.1) is 0 Å². The van der Waals surface area contributed by atoms with E-state index in [1.54, 1.807) is 6.20 Å². The standard InChI is InChI=1S/C34H26B3N3O/c1-23-13-12-20-28(24(23)2)32-31(41-34(35,36)37)21-30-29(39-32)22-38-40(30)33(25-14-6-3-7-15-25,26-16-8-4-9-17-26)27-18-10-5-11-19-27/h3-22H,1-2H3. The second-order valence-corrected chi connectivity index (χ2v) is 10.3. The van der Waals surface area contributed by atoms with Crippen LogP contribution in [0.25, 0.3) is 22.3 Å². The fourth-order valence-corrected chi connectivity index (χ4v) is 5.58. The van der Waals surface area contributed by atoms with Crippen molar-refractivity contribution < 1.29 is 4.74 Å². The van der Waals surface area contributed by atoms with Crippen LogP contribution in [-0.4, -0.2) is 43.6 Å². The average molecular weight is 525 g/mol. The molecule has 0 spiro atoms. The quantitative estimate of drug-likeness (QED) is 0.188. The average Bonchev–Trinajstić information content (AvgIpc) is 3.38. The molecular weight excluding hydrogens is 499 g/mol. The van der Waals surface area contributed by atoms with Crippen LogP contribution in [-0.2, 0) is 5.54 Å². The molecule has 4 aromatic carbocycles. The van der Waals surface area contributed by atoms with E-state index in [0.717, 1.165) is 38.9 Å². The molecule has 0 unspecified atom stereocenters. The van der Waals surface area contributed by atoms with Crippen molar-refractivity contribution in [2.75, 3.05) is 0 Å². The summed E-state index contributed by atoms with van der Waals surface area (Å²) in [6, 6.07) is 38.9. The summed E-state index contributed by atoms with van der Waals surface area (Å²) >= 11 is 0. The van der Waals surface area contributed by atoms with Crippen LogP contribution in [0.4, 0.5) is 0 Å². The van der Waals surface area contributed by atoms with Crippen molar-refractivity contribution >= 4 is 34.6 Å². The van der Waals surface area contributed by atoms with Crippen molar-refractivity contribution in [2.45, 2.75) is 24.7 Å². The number of fused-ring (bicyclic) bond motifs is 1. The molecule has 4 nitrogen and oxygen atoms in total. The number of aromatic nitrogens is 3. The van der Waals surface area contributed by atoms with Crippen LogP contribution in [0, 0.1) is 13.8 Å². The third-order valence-electron chi connectivity index (χ3n) is 7.56. The summed E-state index contributed by atoms with van der Waals surface area (Å²) in [7, 11) is 17.9. The van der Waals surface area contributed by atoms with Crippen molar-refractivity contribution in [1.29, 1.82) is 0 Å². The SMILES string of the molecule is [B]C([B])([B])Oc1cc2c(cnn2C(c2ccccc2)(c2ccccc2)c2ccccc2)nc1-c1cccc(C)c1C. The van der Waals surface area contributed by atoms with Crippen molar-refractivity contribution in [3.63, 3.8) is 0 Å². The van der Waals surface area contributed by atoms with Gasteiger partial charge in [-0.3, -0.25) is 0 Å². The molecule has 0 aliphatic heterocycles. The summed E-state index contributed by atoms with van der Waals surface area (Å²) in [5, 5.41) is 3.10. The molecule has 0 amide bonds. The molecule has 7 heteroatoms. The number of rotatable bonds is 7. The van der Waals surface area contributed by atoms with Gasteiger partial charge in [-0.2, -0.15) is 5.10 Å². The molecule has 0 saturated carbocycles. The van der Waals surface area contributed by atoms with E-state index in [1.807, 2.05) is 77.5 Å². The maximum Gasteiger partial charge on any atom is 0.145 e. The fourth-order valence-electron chi connectivity index (χ4n) is 5.58. The summed E-state index contributed by atoms with van der Waals surface area (Å²) in [6.07, 6.45) is 1.79. The monoisotopic (exact) mass is 525 g/mol. The van der Waals surface area contributed by atoms with E-state index in [4.69, 9.17) is 38.4 Å². The van der Waals surface area contributed by atoms with E-state index in [-0.39, 0.29) is 0 Å². The van der Waals surface area contributed by atoms with E-state index in [9.17, 15) is 0 Å². The van der Waals surface area contributed by atoms with E-state index in [1.165, 1.54) is 0 Å². The van der Waals surface area contributed by atoms with E-state index < -0.39 is 10.8 Å². The highest BCUT2D eigenvalue weighted by atomic mass is 16.5. The zero-order chi connectivity index (χ0) is 28.6. The third-order valence-corrected chi connectivity index (χ3v) is 7.56. The number of hydrogen-bond donors (Lipinski definition) is 0. The lowest BCUT2D eigenvalue weighted by Crippen LogP contribution is -2.39. The minimum Gasteiger partial charge on any atom is -0.513 e. The van der Waals surface area contributed by atoms with Crippen LogP contribution in [0.2, 0.25) is 0 Å². The van der Waals surface area contributed by atoms with Gasteiger partial charge in [-0.05, 0) is 47.0 Å². The van der Waals surface area contributed by atoms with Crippen LogP contribution >= 0.6 is 0 Å². The zero-order valence-electron chi connectivity index (χ0n) is 23.0. The highest BCUT2D eigenvalue weighted by Gasteiger charge is 2.40. The van der Waals surface area contributed by atoms with Gasteiger partial charge < -0.3 is 4.74 Å². The van der Waals surface area contributed by atoms with Gasteiger partial charge in [0.05, 0.1) is 11.7 Å². The number of ether oxygens (including phenoxy) is 1. The zero-order valence-corrected chi connectivity index (χ0v) is 23.0. The number of hydrogen-bond acceptors (Lipinski definition) is 3. The molecule has 192 valence electrons. The van der Waals surface area contributed by atoms with Crippen molar-refractivity contribution in [1.82, 2.24) is 14.8 Å². The minimum absolute atomic E-state index is 0.364. The summed E-state index contributed by atoms with van der Waals surface area (Å²) in [5.41, 5.74) is 7.39. The molecule has 0 aliphatic carbocycles. The molecule has 6 aromatic rings. The largest absolute Gasteiger partial charge is 0.513 e. The second kappa shape index (κ2) is 10.5. The van der Waals surface area contributed by atoms with E-state index in [0.29, 0.717) is 17.0 Å². The molecular formula is C34H26B3N3O. The number of pyridine rings is 1. The predicted molar refractivity (Wildman–Crippen MR) is 168 cm³/mol. The molecule has 0 saturated heterocycles. The van der Waals surface area contributed by atoms with Crippen molar-refractivity contribution in [3.05, 3.63) is 149 Å². The molecule has 41 heavy (non-hydrogen) atoms. The topological polar surface area (TPSA) is 39.9 Å². The molecule has 2 heterocycles. The summed E-state index contributed by atoms with van der Waals surface area (Å²) in [6.45, 7) is 4.11. The Bertz CT molecular complexity index is 1720. The lowest BCUT2D eigenvalue weighted by Gasteiger charge is -2.37. The molecule has 0 bridgehead atoms. The Morgan fingerprint density at radius 2 is 1.22 bits per heavy atom. The molecule has 6 radical (unpaired) electrons. The summed E-state index contributed by atoms with van der Waals surface area (Å²) in [4.78, 5) is 5.07. The van der Waals surface area contributed by atoms with Crippen LogP contribution in [0.15, 0.2) is 121 Å². The minimum atomic E-state index is -1.91. The van der Waals surface area contributed by atoms with Gasteiger partial charge in [-0.1, -0.05) is 109 Å². The first-order valence-corrected chi connectivity index (χ1v) is 13.5. The first kappa shape index (κ1) is 26.7. The maximum atomic E-state index is 5.98. The molecule has 2 aromatic heterocycles. The molecule has 6 rings (SSSR count). The second-order valence-electron chi connectivity index (χ2n) is 10.3. The first-order valence-electron chi connectivity index (χ1n) is 13.5. The van der Waals surface area contributed by atoms with Crippen LogP contribution in [0.5, 0.6) is 5.75 Å². The first-order chi connectivity index (χ1) is 19.8. The summed E-state index contributed by atoms with van der Waals surface area (Å²) < 4.78 is 7.97. The van der Waals surface area contributed by atoms with E-state index >= 15 is 0 Å². The Morgan fingerprint density at radius 1 is 0.683 bits per heavy atom. The van der Waals surface area contributed by atoms with Gasteiger partial charge >= 0.3 is 0 Å². The van der Waals surface area contributed by atoms with Gasteiger partial charge in [0.25, 0.3) is 0 Å². The van der Waals surface area contributed by atoms with Crippen molar-refractivity contribution in [3.8, 4) is 17.0 Å². The Labute approximate surface area is 244 Å². The van der Waals surface area contributed by atoms with Gasteiger partial charge in [-0.25, -0.2) is 9.67 Å².